The van der Waals surface area contributed by atoms with Crippen LogP contribution in [0, 0.1) is 0 Å². The second-order valence-electron chi connectivity index (χ2n) is 2.35. The number of thioether (sulfide) groups is 1. The minimum absolute atomic E-state index is 0.0583. The molecule has 0 rings (SSSR count). The van der Waals surface area contributed by atoms with Gasteiger partial charge >= 0.3 is 0 Å². The van der Waals surface area contributed by atoms with Crippen LogP contribution in [0.3, 0.4) is 0 Å². The highest BCUT2D eigenvalue weighted by Crippen LogP contribution is 2.10. The average Bonchev–Trinajstić information content (AvgIpc) is 1.97. The van der Waals surface area contributed by atoms with Crippen molar-refractivity contribution in [1.29, 1.82) is 0 Å². The number of carbonyl (C=O) groups excluding carboxylic acids is 1. The van der Waals surface area contributed by atoms with E-state index in [4.69, 9.17) is 5.11 Å². The number of unbranched alkanes of at least 4 members (excludes halogenated alkanes) is 1. The maximum absolute atomic E-state index is 10.9. The predicted molar refractivity (Wildman–Crippen MR) is 48.6 cm³/mol. The molecule has 0 spiro atoms. The minimum Gasteiger partial charge on any atom is -0.396 e. The van der Waals surface area contributed by atoms with Crippen LogP contribution in [0.1, 0.15) is 19.8 Å². The van der Waals surface area contributed by atoms with Crippen LogP contribution in [0.15, 0.2) is 12.2 Å². The fourth-order valence-electron chi connectivity index (χ4n) is 0.502. The number of aliphatic hydroxyl groups excluding tert-OH is 1. The van der Waals surface area contributed by atoms with E-state index < -0.39 is 0 Å². The van der Waals surface area contributed by atoms with Gasteiger partial charge in [0.2, 0.25) is 5.12 Å². The van der Waals surface area contributed by atoms with E-state index in [2.05, 4.69) is 6.58 Å². The van der Waals surface area contributed by atoms with Gasteiger partial charge in [0.15, 0.2) is 0 Å². The molecule has 0 aliphatic carbocycles. The zero-order chi connectivity index (χ0) is 8.69. The fraction of sp³-hybridized carbons (Fsp3) is 0.625. The van der Waals surface area contributed by atoms with Crippen LogP contribution in [0.4, 0.5) is 0 Å². The van der Waals surface area contributed by atoms with E-state index in [0.29, 0.717) is 5.57 Å². The quantitative estimate of drug-likeness (QED) is 0.508. The molecule has 1 N–H and O–H groups in total. The lowest BCUT2D eigenvalue weighted by Gasteiger charge is -1.97. The summed E-state index contributed by atoms with van der Waals surface area (Å²) in [7, 11) is 0. The van der Waals surface area contributed by atoms with E-state index in [0.717, 1.165) is 18.6 Å². The largest absolute Gasteiger partial charge is 0.396 e. The molecular formula is C8H14O2S. The van der Waals surface area contributed by atoms with Gasteiger partial charge in [-0.25, -0.2) is 0 Å². The molecule has 0 aliphatic rings. The molecule has 0 radical (unpaired) electrons. The summed E-state index contributed by atoms with van der Waals surface area (Å²) in [6, 6.07) is 0. The van der Waals surface area contributed by atoms with Gasteiger partial charge in [0, 0.05) is 12.4 Å². The lowest BCUT2D eigenvalue weighted by molar-refractivity contribution is -0.107. The highest BCUT2D eigenvalue weighted by Gasteiger charge is 2.01. The minimum atomic E-state index is 0.0583. The topological polar surface area (TPSA) is 37.3 Å². The summed E-state index contributed by atoms with van der Waals surface area (Å²) in [5.41, 5.74) is 0.596. The molecule has 3 heteroatoms. The second-order valence-corrected chi connectivity index (χ2v) is 3.41. The molecule has 0 amide bonds. The van der Waals surface area contributed by atoms with Gasteiger partial charge in [-0.1, -0.05) is 18.3 Å². The van der Waals surface area contributed by atoms with Gasteiger partial charge in [-0.15, -0.1) is 0 Å². The Morgan fingerprint density at radius 2 is 2.18 bits per heavy atom. The van der Waals surface area contributed by atoms with Crippen LogP contribution in [0.5, 0.6) is 0 Å². The summed E-state index contributed by atoms with van der Waals surface area (Å²) in [5.74, 6) is 0.784. The summed E-state index contributed by atoms with van der Waals surface area (Å²) in [5, 5.41) is 8.49. The molecule has 0 saturated heterocycles. The van der Waals surface area contributed by atoms with Crippen LogP contribution in [-0.2, 0) is 4.79 Å². The fourth-order valence-corrected chi connectivity index (χ4v) is 1.28. The molecule has 64 valence electrons. The summed E-state index contributed by atoms with van der Waals surface area (Å²) >= 11 is 1.27. The van der Waals surface area contributed by atoms with Crippen molar-refractivity contribution in [3.63, 3.8) is 0 Å². The normalized spacial score (nSPS) is 9.64. The van der Waals surface area contributed by atoms with Crippen LogP contribution in [0.25, 0.3) is 0 Å². The Labute approximate surface area is 71.7 Å². The van der Waals surface area contributed by atoms with Gasteiger partial charge in [-0.05, 0) is 25.3 Å². The summed E-state index contributed by atoms with van der Waals surface area (Å²) in [6.45, 7) is 5.45. The Morgan fingerprint density at radius 1 is 1.55 bits per heavy atom. The molecule has 0 heterocycles. The van der Waals surface area contributed by atoms with E-state index in [9.17, 15) is 4.79 Å². The van der Waals surface area contributed by atoms with Gasteiger partial charge in [0.1, 0.15) is 0 Å². The van der Waals surface area contributed by atoms with Crippen molar-refractivity contribution in [2.45, 2.75) is 19.8 Å². The van der Waals surface area contributed by atoms with Crippen molar-refractivity contribution in [2.24, 2.45) is 0 Å². The molecule has 0 bridgehead atoms. The van der Waals surface area contributed by atoms with Crippen LogP contribution in [0.2, 0.25) is 0 Å². The average molecular weight is 174 g/mol. The summed E-state index contributed by atoms with van der Waals surface area (Å²) < 4.78 is 0. The van der Waals surface area contributed by atoms with Crippen LogP contribution >= 0.6 is 11.8 Å². The van der Waals surface area contributed by atoms with Gasteiger partial charge in [0.05, 0.1) is 0 Å². The molecule has 0 fully saturated rings. The van der Waals surface area contributed by atoms with Gasteiger partial charge in [-0.2, -0.15) is 0 Å². The number of hydrogen-bond donors (Lipinski definition) is 1. The molecule has 0 atom stereocenters. The molecular weight excluding hydrogens is 160 g/mol. The standard InChI is InChI=1S/C8H14O2S/c1-7(2)8(10)11-6-4-3-5-9/h9H,1,3-6H2,2H3. The van der Waals surface area contributed by atoms with E-state index in [1.807, 2.05) is 0 Å². The molecule has 0 aromatic heterocycles. The molecule has 0 saturated carbocycles. The Morgan fingerprint density at radius 3 is 2.64 bits per heavy atom. The van der Waals surface area contributed by atoms with Gasteiger partial charge in [0.25, 0.3) is 0 Å². The number of carbonyl (C=O) groups is 1. The van der Waals surface area contributed by atoms with Crippen molar-refractivity contribution in [2.75, 3.05) is 12.4 Å². The zero-order valence-corrected chi connectivity index (χ0v) is 7.62. The van der Waals surface area contributed by atoms with E-state index in [1.165, 1.54) is 11.8 Å². The number of hydrogen-bond acceptors (Lipinski definition) is 3. The lowest BCUT2D eigenvalue weighted by atomic mass is 10.4. The van der Waals surface area contributed by atoms with E-state index >= 15 is 0 Å². The monoisotopic (exact) mass is 174 g/mol. The van der Waals surface area contributed by atoms with Crippen molar-refractivity contribution < 1.29 is 9.90 Å². The Bertz CT molecular complexity index is 143. The maximum Gasteiger partial charge on any atom is 0.214 e. The first-order chi connectivity index (χ1) is 5.18. The molecule has 0 aromatic carbocycles. The van der Waals surface area contributed by atoms with Crippen LogP contribution < -0.4 is 0 Å². The molecule has 2 nitrogen and oxygen atoms in total. The summed E-state index contributed by atoms with van der Waals surface area (Å²) in [4.78, 5) is 10.9. The Hall–Kier alpha value is -0.280. The molecule has 0 unspecified atom stereocenters. The second kappa shape index (κ2) is 6.43. The maximum atomic E-state index is 10.9. The Balaban J connectivity index is 3.25. The molecule has 0 aromatic rings. The van der Waals surface area contributed by atoms with Crippen molar-refractivity contribution >= 4 is 16.9 Å². The van der Waals surface area contributed by atoms with Crippen molar-refractivity contribution in [3.8, 4) is 0 Å². The first-order valence-corrected chi connectivity index (χ1v) is 4.60. The summed E-state index contributed by atoms with van der Waals surface area (Å²) in [6.07, 6.45) is 1.66. The smallest absolute Gasteiger partial charge is 0.214 e. The van der Waals surface area contributed by atoms with Gasteiger partial charge < -0.3 is 5.11 Å². The predicted octanol–water partition coefficient (Wildman–Crippen LogP) is 1.59. The van der Waals surface area contributed by atoms with Gasteiger partial charge in [-0.3, -0.25) is 4.79 Å². The highest BCUT2D eigenvalue weighted by molar-refractivity contribution is 8.14. The van der Waals surface area contributed by atoms with E-state index in [-0.39, 0.29) is 11.7 Å². The first-order valence-electron chi connectivity index (χ1n) is 3.62. The Kier molecular flexibility index (Phi) is 6.27. The molecule has 0 aliphatic heterocycles. The first kappa shape index (κ1) is 10.7. The number of aliphatic hydroxyl groups is 1. The SMILES string of the molecule is C=C(C)C(=O)SCCCCO. The zero-order valence-electron chi connectivity index (χ0n) is 6.80. The molecule has 11 heavy (non-hydrogen) atoms. The van der Waals surface area contributed by atoms with Crippen LogP contribution in [-0.4, -0.2) is 22.6 Å². The number of rotatable bonds is 5. The lowest BCUT2D eigenvalue weighted by Crippen LogP contribution is -1.94. The third kappa shape index (κ3) is 6.13. The van der Waals surface area contributed by atoms with E-state index in [1.54, 1.807) is 6.92 Å². The third-order valence-corrected chi connectivity index (χ3v) is 2.24. The third-order valence-electron chi connectivity index (χ3n) is 1.13. The highest BCUT2D eigenvalue weighted by atomic mass is 32.2. The van der Waals surface area contributed by atoms with Crippen molar-refractivity contribution in [1.82, 2.24) is 0 Å². The van der Waals surface area contributed by atoms with Crippen molar-refractivity contribution in [3.05, 3.63) is 12.2 Å².